The van der Waals surface area contributed by atoms with E-state index in [9.17, 15) is 13.2 Å². The smallest absolute Gasteiger partial charge is 0.453 e. The van der Waals surface area contributed by atoms with Crippen molar-refractivity contribution in [2.45, 2.75) is 37.6 Å². The SMILES string of the molecule is COc1ccc(-n2nnnc2C(F)(F)F)cc1CN[C@@H]1CCCN[C@@H]1c1ccccc1. The van der Waals surface area contributed by atoms with Crippen molar-refractivity contribution < 1.29 is 17.9 Å². The molecule has 1 aliphatic heterocycles. The molecule has 0 aliphatic carbocycles. The van der Waals surface area contributed by atoms with Gasteiger partial charge in [0.15, 0.2) is 0 Å². The molecule has 2 aromatic carbocycles. The average molecular weight is 432 g/mol. The van der Waals surface area contributed by atoms with Gasteiger partial charge in [-0.25, -0.2) is 0 Å². The van der Waals surface area contributed by atoms with Crippen LogP contribution in [0.25, 0.3) is 5.69 Å². The number of benzene rings is 2. The summed E-state index contributed by atoms with van der Waals surface area (Å²) in [5.74, 6) is -0.588. The predicted octanol–water partition coefficient (Wildman–Crippen LogP) is 3.27. The molecule has 3 aromatic rings. The summed E-state index contributed by atoms with van der Waals surface area (Å²) in [7, 11) is 1.53. The summed E-state index contributed by atoms with van der Waals surface area (Å²) in [6.07, 6.45) is -2.63. The average Bonchev–Trinajstić information content (AvgIpc) is 3.29. The van der Waals surface area contributed by atoms with Crippen molar-refractivity contribution in [1.82, 2.24) is 30.8 Å². The molecule has 0 radical (unpaired) electrons. The maximum atomic E-state index is 13.2. The van der Waals surface area contributed by atoms with Gasteiger partial charge in [-0.15, -0.1) is 5.10 Å². The molecule has 2 N–H and O–H groups in total. The number of hydrogen-bond donors (Lipinski definition) is 2. The van der Waals surface area contributed by atoms with Gasteiger partial charge in [0, 0.05) is 24.2 Å². The molecule has 164 valence electrons. The highest BCUT2D eigenvalue weighted by Crippen LogP contribution is 2.30. The van der Waals surface area contributed by atoms with E-state index in [-0.39, 0.29) is 17.8 Å². The lowest BCUT2D eigenvalue weighted by Gasteiger charge is -2.34. The third-order valence-corrected chi connectivity index (χ3v) is 5.40. The topological polar surface area (TPSA) is 76.9 Å². The molecular formula is C21H23F3N6O. The van der Waals surface area contributed by atoms with Crippen LogP contribution in [0.3, 0.4) is 0 Å². The highest BCUT2D eigenvalue weighted by Gasteiger charge is 2.38. The molecule has 1 fully saturated rings. The monoisotopic (exact) mass is 432 g/mol. The number of nitrogens with zero attached hydrogens (tertiary/aromatic N) is 4. The van der Waals surface area contributed by atoms with Crippen molar-refractivity contribution in [3.63, 3.8) is 0 Å². The summed E-state index contributed by atoms with van der Waals surface area (Å²) < 4.78 is 45.7. The largest absolute Gasteiger partial charge is 0.496 e. The van der Waals surface area contributed by atoms with E-state index in [1.165, 1.54) is 18.7 Å². The lowest BCUT2D eigenvalue weighted by Crippen LogP contribution is -2.45. The highest BCUT2D eigenvalue weighted by molar-refractivity contribution is 5.44. The van der Waals surface area contributed by atoms with Gasteiger partial charge < -0.3 is 15.4 Å². The normalized spacial score (nSPS) is 19.4. The fraction of sp³-hybridized carbons (Fsp3) is 0.381. The fourth-order valence-electron chi connectivity index (χ4n) is 3.93. The van der Waals surface area contributed by atoms with E-state index >= 15 is 0 Å². The molecule has 4 rings (SSSR count). The van der Waals surface area contributed by atoms with Crippen LogP contribution in [0.1, 0.15) is 35.8 Å². The number of tetrazole rings is 1. The molecule has 1 saturated heterocycles. The van der Waals surface area contributed by atoms with E-state index in [0.717, 1.165) is 24.9 Å². The summed E-state index contributed by atoms with van der Waals surface area (Å²) >= 11 is 0. The van der Waals surface area contributed by atoms with Crippen LogP contribution in [-0.2, 0) is 12.7 Å². The third-order valence-electron chi connectivity index (χ3n) is 5.40. The van der Waals surface area contributed by atoms with Crippen LogP contribution in [0, 0.1) is 0 Å². The zero-order valence-corrected chi connectivity index (χ0v) is 16.9. The Kier molecular flexibility index (Phi) is 6.19. The highest BCUT2D eigenvalue weighted by atomic mass is 19.4. The van der Waals surface area contributed by atoms with E-state index in [4.69, 9.17) is 4.74 Å². The second kappa shape index (κ2) is 9.03. The molecule has 2 heterocycles. The van der Waals surface area contributed by atoms with Crippen molar-refractivity contribution in [3.05, 3.63) is 65.5 Å². The van der Waals surface area contributed by atoms with Crippen LogP contribution in [0.15, 0.2) is 48.5 Å². The minimum absolute atomic E-state index is 0.153. The Bertz CT molecular complexity index is 1010. The van der Waals surface area contributed by atoms with Crippen molar-refractivity contribution in [2.75, 3.05) is 13.7 Å². The Hall–Kier alpha value is -2.98. The minimum Gasteiger partial charge on any atom is -0.496 e. The zero-order chi connectivity index (χ0) is 21.8. The van der Waals surface area contributed by atoms with Crippen LogP contribution < -0.4 is 15.4 Å². The van der Waals surface area contributed by atoms with Gasteiger partial charge in [-0.1, -0.05) is 30.3 Å². The molecule has 0 amide bonds. The predicted molar refractivity (Wildman–Crippen MR) is 108 cm³/mol. The number of halogens is 3. The zero-order valence-electron chi connectivity index (χ0n) is 16.9. The van der Waals surface area contributed by atoms with Gasteiger partial charge in [-0.3, -0.25) is 0 Å². The maximum Gasteiger partial charge on any atom is 0.453 e. The number of methoxy groups -OCH3 is 1. The lowest BCUT2D eigenvalue weighted by atomic mass is 9.92. The molecule has 7 nitrogen and oxygen atoms in total. The summed E-state index contributed by atoms with van der Waals surface area (Å²) in [5.41, 5.74) is 2.14. The minimum atomic E-state index is -4.65. The van der Waals surface area contributed by atoms with Crippen LogP contribution in [-0.4, -0.2) is 39.9 Å². The summed E-state index contributed by atoms with van der Waals surface area (Å²) in [6.45, 7) is 1.37. The van der Waals surface area contributed by atoms with Gasteiger partial charge in [0.25, 0.3) is 5.82 Å². The number of nitrogens with one attached hydrogen (secondary N) is 2. The summed E-state index contributed by atoms with van der Waals surface area (Å²) in [5, 5.41) is 16.9. The first-order valence-electron chi connectivity index (χ1n) is 10.0. The molecule has 10 heteroatoms. The van der Waals surface area contributed by atoms with Crippen molar-refractivity contribution >= 4 is 0 Å². The van der Waals surface area contributed by atoms with E-state index in [2.05, 4.69) is 38.3 Å². The summed E-state index contributed by atoms with van der Waals surface area (Å²) in [4.78, 5) is 0. The van der Waals surface area contributed by atoms with Crippen LogP contribution in [0.4, 0.5) is 13.2 Å². The molecule has 1 aliphatic rings. The first-order valence-corrected chi connectivity index (χ1v) is 10.0. The van der Waals surface area contributed by atoms with Gasteiger partial charge in [0.05, 0.1) is 12.8 Å². The first-order chi connectivity index (χ1) is 15.0. The number of rotatable bonds is 6. The molecular weight excluding hydrogens is 409 g/mol. The van der Waals surface area contributed by atoms with Crippen molar-refractivity contribution in [3.8, 4) is 11.4 Å². The van der Waals surface area contributed by atoms with Crippen molar-refractivity contribution in [2.24, 2.45) is 0 Å². The van der Waals surface area contributed by atoms with Crippen LogP contribution in [0.5, 0.6) is 5.75 Å². The Morgan fingerprint density at radius 1 is 1.19 bits per heavy atom. The van der Waals surface area contributed by atoms with Crippen molar-refractivity contribution in [1.29, 1.82) is 0 Å². The fourth-order valence-corrected chi connectivity index (χ4v) is 3.93. The number of aromatic nitrogens is 4. The Morgan fingerprint density at radius 2 is 2.00 bits per heavy atom. The molecule has 1 aromatic heterocycles. The lowest BCUT2D eigenvalue weighted by molar-refractivity contribution is -0.146. The van der Waals surface area contributed by atoms with Gasteiger partial charge in [0.1, 0.15) is 5.75 Å². The Balaban J connectivity index is 1.57. The number of ether oxygens (including phenoxy) is 1. The molecule has 31 heavy (non-hydrogen) atoms. The molecule has 0 spiro atoms. The van der Waals surface area contributed by atoms with E-state index in [1.54, 1.807) is 12.1 Å². The van der Waals surface area contributed by atoms with Gasteiger partial charge in [0.2, 0.25) is 0 Å². The second-order valence-corrected chi connectivity index (χ2v) is 7.38. The molecule has 0 saturated carbocycles. The van der Waals surface area contributed by atoms with Gasteiger partial charge in [-0.2, -0.15) is 17.9 Å². The molecule has 0 unspecified atom stereocenters. The van der Waals surface area contributed by atoms with Crippen LogP contribution in [0.2, 0.25) is 0 Å². The van der Waals surface area contributed by atoms with Crippen LogP contribution >= 0.6 is 0 Å². The number of hydrogen-bond acceptors (Lipinski definition) is 6. The molecule has 0 bridgehead atoms. The van der Waals surface area contributed by atoms with E-state index in [0.29, 0.717) is 17.0 Å². The van der Waals surface area contributed by atoms with Gasteiger partial charge in [-0.05, 0) is 53.6 Å². The Morgan fingerprint density at radius 3 is 2.74 bits per heavy atom. The molecule has 2 atom stereocenters. The second-order valence-electron chi connectivity index (χ2n) is 7.38. The van der Waals surface area contributed by atoms with E-state index < -0.39 is 12.0 Å². The first kappa shape index (κ1) is 21.3. The number of piperidine rings is 1. The quantitative estimate of drug-likeness (QED) is 0.623. The third kappa shape index (κ3) is 4.70. The maximum absolute atomic E-state index is 13.2. The Labute approximate surface area is 177 Å². The number of alkyl halides is 3. The van der Waals surface area contributed by atoms with E-state index in [1.807, 2.05) is 18.2 Å². The summed E-state index contributed by atoms with van der Waals surface area (Å²) in [6, 6.07) is 15.3. The standard InChI is InChI=1S/C21H23F3N6O/c1-31-18-10-9-16(30-20(21(22,23)24)27-28-29-30)12-15(18)13-26-17-8-5-11-25-19(17)14-6-3-2-4-7-14/h2-4,6-7,9-10,12,17,19,25-26H,5,8,11,13H2,1H3/t17-,19-/m1/s1. The van der Waals surface area contributed by atoms with Gasteiger partial charge >= 0.3 is 6.18 Å².